The summed E-state index contributed by atoms with van der Waals surface area (Å²) in [7, 11) is 3.16. The molecule has 0 atom stereocenters. The number of methoxy groups -OCH3 is 2. The second kappa shape index (κ2) is 9.44. The molecule has 2 amide bonds. The number of benzene rings is 1. The van der Waals surface area contributed by atoms with Gasteiger partial charge in [-0.2, -0.15) is 11.8 Å². The van der Waals surface area contributed by atoms with Gasteiger partial charge < -0.3 is 20.1 Å². The average molecular weight is 367 g/mol. The number of thiophene rings is 1. The number of thioether (sulfide) groups is 1. The Morgan fingerprint density at radius 3 is 2.67 bits per heavy atom. The van der Waals surface area contributed by atoms with Gasteiger partial charge in [-0.3, -0.25) is 0 Å². The van der Waals surface area contributed by atoms with Crippen LogP contribution in [0.1, 0.15) is 10.4 Å². The van der Waals surface area contributed by atoms with Gasteiger partial charge in [-0.25, -0.2) is 4.79 Å². The number of urea groups is 1. The van der Waals surface area contributed by atoms with E-state index in [0.717, 1.165) is 17.1 Å². The number of rotatable bonds is 8. The summed E-state index contributed by atoms with van der Waals surface area (Å²) in [6, 6.07) is 7.56. The minimum Gasteiger partial charge on any atom is -0.493 e. The molecule has 0 unspecified atom stereocenters. The maximum Gasteiger partial charge on any atom is 0.319 e. The van der Waals surface area contributed by atoms with Crippen LogP contribution in [0.15, 0.2) is 29.6 Å². The summed E-state index contributed by atoms with van der Waals surface area (Å²) < 4.78 is 10.5. The molecule has 2 rings (SSSR count). The van der Waals surface area contributed by atoms with Crippen molar-refractivity contribution in [2.24, 2.45) is 0 Å². The first-order valence-electron chi connectivity index (χ1n) is 7.51. The Morgan fingerprint density at radius 1 is 1.25 bits per heavy atom. The molecule has 0 aliphatic carbocycles. The van der Waals surface area contributed by atoms with Crippen LogP contribution < -0.4 is 20.1 Å². The summed E-state index contributed by atoms with van der Waals surface area (Å²) in [6.45, 7) is 2.53. The smallest absolute Gasteiger partial charge is 0.319 e. The number of anilines is 1. The van der Waals surface area contributed by atoms with Crippen molar-refractivity contribution >= 4 is 34.8 Å². The topological polar surface area (TPSA) is 59.6 Å². The molecule has 130 valence electrons. The molecule has 1 heterocycles. The Balaban J connectivity index is 1.77. The zero-order valence-electron chi connectivity index (χ0n) is 14.0. The summed E-state index contributed by atoms with van der Waals surface area (Å²) in [5, 5.41) is 7.79. The van der Waals surface area contributed by atoms with Crippen molar-refractivity contribution < 1.29 is 14.3 Å². The van der Waals surface area contributed by atoms with E-state index in [4.69, 9.17) is 9.47 Å². The van der Waals surface area contributed by atoms with Gasteiger partial charge in [-0.15, -0.1) is 11.3 Å². The van der Waals surface area contributed by atoms with Crippen LogP contribution in [0, 0.1) is 6.92 Å². The number of nitrogens with one attached hydrogen (secondary N) is 2. The van der Waals surface area contributed by atoms with Crippen molar-refractivity contribution in [2.75, 3.05) is 31.8 Å². The van der Waals surface area contributed by atoms with Gasteiger partial charge in [0.05, 0.1) is 14.2 Å². The predicted octanol–water partition coefficient (Wildman–Crippen LogP) is 4.13. The molecule has 7 heteroatoms. The quantitative estimate of drug-likeness (QED) is 0.690. The first kappa shape index (κ1) is 18.5. The Bertz CT molecular complexity index is 660. The highest BCUT2D eigenvalue weighted by atomic mass is 32.2. The highest BCUT2D eigenvalue weighted by Crippen LogP contribution is 2.32. The van der Waals surface area contributed by atoms with Crippen LogP contribution in [-0.4, -0.2) is 32.5 Å². The van der Waals surface area contributed by atoms with Crippen molar-refractivity contribution in [1.29, 1.82) is 0 Å². The Labute approximate surface area is 150 Å². The normalized spacial score (nSPS) is 10.3. The van der Waals surface area contributed by atoms with E-state index in [1.54, 1.807) is 43.4 Å². The molecule has 0 saturated carbocycles. The van der Waals surface area contributed by atoms with Gasteiger partial charge in [-0.1, -0.05) is 6.07 Å². The molecular formula is C17H22N2O3S2. The van der Waals surface area contributed by atoms with Gasteiger partial charge in [0.25, 0.3) is 0 Å². The fraction of sp³-hybridized carbons (Fsp3) is 0.353. The Morgan fingerprint density at radius 2 is 2.00 bits per heavy atom. The number of aryl methyl sites for hydroxylation is 1. The Hall–Kier alpha value is -1.86. The van der Waals surface area contributed by atoms with E-state index in [0.29, 0.717) is 23.7 Å². The lowest BCUT2D eigenvalue weighted by Crippen LogP contribution is -2.30. The third-order valence-corrected chi connectivity index (χ3v) is 5.40. The zero-order valence-corrected chi connectivity index (χ0v) is 15.7. The van der Waals surface area contributed by atoms with E-state index in [1.807, 2.05) is 13.0 Å². The third kappa shape index (κ3) is 5.35. The van der Waals surface area contributed by atoms with E-state index in [2.05, 4.69) is 28.1 Å². The van der Waals surface area contributed by atoms with Crippen molar-refractivity contribution in [3.63, 3.8) is 0 Å². The molecule has 0 spiro atoms. The van der Waals surface area contributed by atoms with Crippen molar-refractivity contribution in [3.8, 4) is 11.5 Å². The SMILES string of the molecule is COc1cc(C)c(NC(=O)NCCSCc2cccs2)cc1OC. The lowest BCUT2D eigenvalue weighted by molar-refractivity contribution is 0.252. The molecule has 1 aromatic carbocycles. The van der Waals surface area contributed by atoms with Crippen LogP contribution in [0.3, 0.4) is 0 Å². The summed E-state index contributed by atoms with van der Waals surface area (Å²) in [6.07, 6.45) is 0. The van der Waals surface area contributed by atoms with Gasteiger partial charge in [0.15, 0.2) is 11.5 Å². The van der Waals surface area contributed by atoms with Crippen LogP contribution in [0.2, 0.25) is 0 Å². The predicted molar refractivity (Wildman–Crippen MR) is 102 cm³/mol. The van der Waals surface area contributed by atoms with E-state index < -0.39 is 0 Å². The highest BCUT2D eigenvalue weighted by Gasteiger charge is 2.10. The van der Waals surface area contributed by atoms with E-state index in [-0.39, 0.29) is 6.03 Å². The number of carbonyl (C=O) groups is 1. The summed E-state index contributed by atoms with van der Waals surface area (Å²) in [4.78, 5) is 13.4. The number of carbonyl (C=O) groups excluding carboxylic acids is 1. The fourth-order valence-corrected chi connectivity index (χ4v) is 3.79. The van der Waals surface area contributed by atoms with Crippen molar-refractivity contribution in [2.45, 2.75) is 12.7 Å². The number of ether oxygens (including phenoxy) is 2. The summed E-state index contributed by atoms with van der Waals surface area (Å²) in [5.41, 5.74) is 1.62. The molecule has 0 saturated heterocycles. The lowest BCUT2D eigenvalue weighted by Gasteiger charge is -2.14. The van der Waals surface area contributed by atoms with E-state index >= 15 is 0 Å². The van der Waals surface area contributed by atoms with Gasteiger partial charge >= 0.3 is 6.03 Å². The van der Waals surface area contributed by atoms with Gasteiger partial charge in [-0.05, 0) is 30.0 Å². The first-order chi connectivity index (χ1) is 11.6. The van der Waals surface area contributed by atoms with Gasteiger partial charge in [0, 0.05) is 34.7 Å². The standard InChI is InChI=1S/C17H22N2O3S2/c1-12-9-15(21-2)16(22-3)10-14(12)19-17(20)18-6-8-23-11-13-5-4-7-24-13/h4-5,7,9-10H,6,8,11H2,1-3H3,(H2,18,19,20). The van der Waals surface area contributed by atoms with Gasteiger partial charge in [0.1, 0.15) is 0 Å². The minimum atomic E-state index is -0.220. The molecule has 0 aliphatic heterocycles. The van der Waals surface area contributed by atoms with Crippen molar-refractivity contribution in [3.05, 3.63) is 40.1 Å². The molecule has 0 fully saturated rings. The second-order valence-corrected chi connectivity index (χ2v) is 7.17. The molecule has 1 aromatic heterocycles. The maximum atomic E-state index is 12.0. The number of amides is 2. The fourth-order valence-electron chi connectivity index (χ4n) is 2.09. The maximum absolute atomic E-state index is 12.0. The monoisotopic (exact) mass is 366 g/mol. The third-order valence-electron chi connectivity index (χ3n) is 3.34. The van der Waals surface area contributed by atoms with E-state index in [9.17, 15) is 4.79 Å². The van der Waals surface area contributed by atoms with Crippen LogP contribution in [0.25, 0.3) is 0 Å². The molecular weight excluding hydrogens is 344 g/mol. The lowest BCUT2D eigenvalue weighted by atomic mass is 10.1. The molecule has 0 radical (unpaired) electrons. The largest absolute Gasteiger partial charge is 0.493 e. The van der Waals surface area contributed by atoms with Crippen molar-refractivity contribution in [1.82, 2.24) is 5.32 Å². The molecule has 5 nitrogen and oxygen atoms in total. The van der Waals surface area contributed by atoms with Crippen LogP contribution in [-0.2, 0) is 5.75 Å². The molecule has 0 bridgehead atoms. The Kier molecular flexibility index (Phi) is 7.27. The molecule has 24 heavy (non-hydrogen) atoms. The van der Waals surface area contributed by atoms with Gasteiger partial charge in [0.2, 0.25) is 0 Å². The second-order valence-electron chi connectivity index (χ2n) is 5.03. The molecule has 2 N–H and O–H groups in total. The number of hydrogen-bond donors (Lipinski definition) is 2. The minimum absolute atomic E-state index is 0.220. The van der Waals surface area contributed by atoms with Crippen LogP contribution in [0.5, 0.6) is 11.5 Å². The summed E-state index contributed by atoms with van der Waals surface area (Å²) >= 11 is 3.56. The number of hydrogen-bond acceptors (Lipinski definition) is 5. The first-order valence-corrected chi connectivity index (χ1v) is 9.55. The molecule has 0 aliphatic rings. The van der Waals surface area contributed by atoms with Crippen LogP contribution >= 0.6 is 23.1 Å². The summed E-state index contributed by atoms with van der Waals surface area (Å²) in [5.74, 6) is 3.09. The van der Waals surface area contributed by atoms with Crippen LogP contribution in [0.4, 0.5) is 10.5 Å². The highest BCUT2D eigenvalue weighted by molar-refractivity contribution is 7.98. The molecule has 2 aromatic rings. The zero-order chi connectivity index (χ0) is 17.4. The average Bonchev–Trinajstić information content (AvgIpc) is 3.09. The van der Waals surface area contributed by atoms with E-state index in [1.165, 1.54) is 4.88 Å².